The average Bonchev–Trinajstić information content (AvgIpc) is 2.65. The van der Waals surface area contributed by atoms with Crippen molar-refractivity contribution in [2.24, 2.45) is 10.7 Å². The highest BCUT2D eigenvalue weighted by Crippen LogP contribution is 2.11. The van der Waals surface area contributed by atoms with Gasteiger partial charge in [-0.25, -0.2) is 0 Å². The fraction of sp³-hybridized carbons (Fsp3) is 0.263. The topological polar surface area (TPSA) is 88.7 Å². The third-order valence-corrected chi connectivity index (χ3v) is 3.67. The number of guanidine groups is 1. The van der Waals surface area contributed by atoms with Crippen molar-refractivity contribution in [2.75, 3.05) is 25.5 Å². The van der Waals surface area contributed by atoms with Gasteiger partial charge in [-0.05, 0) is 48.4 Å². The highest BCUT2D eigenvalue weighted by atomic mass is 127. The second-order valence-electron chi connectivity index (χ2n) is 5.43. The van der Waals surface area contributed by atoms with E-state index in [9.17, 15) is 4.79 Å². The number of carbonyl (C=O) groups is 1. The molecule has 0 fully saturated rings. The maximum Gasteiger partial charge on any atom is 0.251 e. The number of nitrogens with zero attached hydrogens (tertiary/aromatic N) is 1. The Morgan fingerprint density at radius 2 is 1.77 bits per heavy atom. The van der Waals surface area contributed by atoms with Gasteiger partial charge in [-0.1, -0.05) is 19.1 Å². The molecule has 6 nitrogen and oxygen atoms in total. The summed E-state index contributed by atoms with van der Waals surface area (Å²) < 4.78 is 5.07. The van der Waals surface area contributed by atoms with E-state index in [1.807, 2.05) is 24.3 Å². The van der Waals surface area contributed by atoms with E-state index in [-0.39, 0.29) is 29.9 Å². The summed E-state index contributed by atoms with van der Waals surface area (Å²) in [5, 5.41) is 5.83. The van der Waals surface area contributed by atoms with E-state index in [4.69, 9.17) is 10.5 Å². The maximum absolute atomic E-state index is 12.0. The molecular weight excluding hydrogens is 443 g/mol. The van der Waals surface area contributed by atoms with Gasteiger partial charge in [-0.15, -0.1) is 24.0 Å². The molecule has 0 saturated heterocycles. The van der Waals surface area contributed by atoms with Gasteiger partial charge in [0.1, 0.15) is 5.75 Å². The highest BCUT2D eigenvalue weighted by Gasteiger charge is 2.04. The highest BCUT2D eigenvalue weighted by molar-refractivity contribution is 14.0. The quantitative estimate of drug-likeness (QED) is 0.252. The van der Waals surface area contributed by atoms with Crippen LogP contribution >= 0.6 is 24.0 Å². The van der Waals surface area contributed by atoms with Crippen LogP contribution in [-0.2, 0) is 6.42 Å². The summed E-state index contributed by atoms with van der Waals surface area (Å²) in [7, 11) is 1.59. The van der Waals surface area contributed by atoms with Crippen LogP contribution in [0, 0.1) is 0 Å². The van der Waals surface area contributed by atoms with E-state index in [0.29, 0.717) is 30.4 Å². The maximum atomic E-state index is 12.0. The molecule has 2 rings (SSSR count). The third-order valence-electron chi connectivity index (χ3n) is 3.67. The van der Waals surface area contributed by atoms with Crippen LogP contribution in [-0.4, -0.2) is 32.1 Å². The predicted molar refractivity (Wildman–Crippen MR) is 117 cm³/mol. The van der Waals surface area contributed by atoms with Crippen molar-refractivity contribution in [3.8, 4) is 5.75 Å². The van der Waals surface area contributed by atoms with Gasteiger partial charge < -0.3 is 21.1 Å². The zero-order chi connectivity index (χ0) is 18.1. The summed E-state index contributed by atoms with van der Waals surface area (Å²) in [5.74, 6) is 0.884. The summed E-state index contributed by atoms with van der Waals surface area (Å²) in [4.78, 5) is 16.2. The summed E-state index contributed by atoms with van der Waals surface area (Å²) in [6, 6.07) is 15.0. The fourth-order valence-electron chi connectivity index (χ4n) is 2.20. The molecule has 0 unspecified atom stereocenters. The van der Waals surface area contributed by atoms with Crippen LogP contribution < -0.4 is 21.1 Å². The lowest BCUT2D eigenvalue weighted by Crippen LogP contribution is -2.28. The van der Waals surface area contributed by atoms with Gasteiger partial charge in [0.25, 0.3) is 5.91 Å². The minimum atomic E-state index is -0.153. The van der Waals surface area contributed by atoms with Crippen LogP contribution in [0.1, 0.15) is 22.8 Å². The number of ether oxygens (including phenoxy) is 1. The molecule has 0 atom stereocenters. The summed E-state index contributed by atoms with van der Waals surface area (Å²) in [6.07, 6.45) is 0.998. The number of anilines is 1. The van der Waals surface area contributed by atoms with E-state index < -0.39 is 0 Å². The first-order chi connectivity index (χ1) is 12.1. The first kappa shape index (κ1) is 21.8. The van der Waals surface area contributed by atoms with Crippen LogP contribution in [0.15, 0.2) is 53.5 Å². The van der Waals surface area contributed by atoms with Gasteiger partial charge in [-0.2, -0.15) is 0 Å². The average molecular weight is 468 g/mol. The van der Waals surface area contributed by atoms with Crippen molar-refractivity contribution < 1.29 is 9.53 Å². The molecule has 2 aromatic carbocycles. The van der Waals surface area contributed by atoms with Crippen LogP contribution in [0.2, 0.25) is 0 Å². The van der Waals surface area contributed by atoms with Gasteiger partial charge in [-0.3, -0.25) is 9.79 Å². The van der Waals surface area contributed by atoms with Crippen molar-refractivity contribution in [3.05, 3.63) is 59.7 Å². The van der Waals surface area contributed by atoms with E-state index in [2.05, 4.69) is 22.5 Å². The molecular formula is C19H25IN4O2. The van der Waals surface area contributed by atoms with E-state index in [1.54, 1.807) is 31.4 Å². The van der Waals surface area contributed by atoms with Crippen LogP contribution in [0.4, 0.5) is 5.69 Å². The Hall–Kier alpha value is -2.29. The van der Waals surface area contributed by atoms with Crippen LogP contribution in [0.3, 0.4) is 0 Å². The molecule has 1 amide bonds. The molecule has 26 heavy (non-hydrogen) atoms. The Morgan fingerprint density at radius 1 is 1.12 bits per heavy atom. The van der Waals surface area contributed by atoms with Gasteiger partial charge in [0.05, 0.1) is 13.7 Å². The monoisotopic (exact) mass is 468 g/mol. The number of nitrogens with one attached hydrogen (secondary N) is 2. The molecule has 7 heteroatoms. The minimum absolute atomic E-state index is 0. The number of hydrogen-bond acceptors (Lipinski definition) is 3. The zero-order valence-electron chi connectivity index (χ0n) is 15.0. The van der Waals surface area contributed by atoms with Crippen molar-refractivity contribution in [1.29, 1.82) is 0 Å². The van der Waals surface area contributed by atoms with Crippen LogP contribution in [0.25, 0.3) is 0 Å². The lowest BCUT2D eigenvalue weighted by Gasteiger charge is -2.07. The van der Waals surface area contributed by atoms with Gasteiger partial charge >= 0.3 is 0 Å². The Labute approximate surface area is 171 Å². The molecule has 2 aromatic rings. The Kier molecular flexibility index (Phi) is 9.50. The number of aliphatic imine (C=N–C) groups is 1. The van der Waals surface area contributed by atoms with E-state index in [0.717, 1.165) is 12.1 Å². The van der Waals surface area contributed by atoms with Crippen molar-refractivity contribution >= 4 is 41.5 Å². The minimum Gasteiger partial charge on any atom is -0.497 e. The molecule has 0 radical (unpaired) electrons. The number of halogens is 1. The lowest BCUT2D eigenvalue weighted by atomic mass is 10.1. The third kappa shape index (κ3) is 6.91. The van der Waals surface area contributed by atoms with Gasteiger partial charge in [0, 0.05) is 17.8 Å². The number of nitrogens with two attached hydrogens (primary N) is 1. The number of benzene rings is 2. The standard InChI is InChI=1S/C19H24N4O2.HI/c1-3-14-4-8-16(9-5-14)23-19(20)22-13-12-21-18(24)15-6-10-17(25-2)11-7-15;/h4-11H,3,12-13H2,1-2H3,(H,21,24)(H3,20,22,23);1H. The number of rotatable bonds is 7. The number of hydrogen-bond donors (Lipinski definition) is 3. The lowest BCUT2D eigenvalue weighted by molar-refractivity contribution is 0.0955. The molecule has 0 aliphatic rings. The molecule has 0 bridgehead atoms. The summed E-state index contributed by atoms with van der Waals surface area (Å²) in [5.41, 5.74) is 8.58. The van der Waals surface area contributed by atoms with Crippen molar-refractivity contribution in [1.82, 2.24) is 5.32 Å². The van der Waals surface area contributed by atoms with Gasteiger partial charge in [0.15, 0.2) is 5.96 Å². The zero-order valence-corrected chi connectivity index (χ0v) is 17.3. The number of carbonyl (C=O) groups excluding carboxylic acids is 1. The number of aryl methyl sites for hydroxylation is 1. The van der Waals surface area contributed by atoms with Crippen LogP contribution in [0.5, 0.6) is 5.75 Å². The summed E-state index contributed by atoms with van der Waals surface area (Å²) in [6.45, 7) is 2.91. The fourth-order valence-corrected chi connectivity index (χ4v) is 2.20. The normalized spacial score (nSPS) is 10.6. The largest absolute Gasteiger partial charge is 0.497 e. The molecule has 4 N–H and O–H groups in total. The number of methoxy groups -OCH3 is 1. The first-order valence-corrected chi connectivity index (χ1v) is 8.20. The Bertz CT molecular complexity index is 715. The molecule has 0 spiro atoms. The second-order valence-corrected chi connectivity index (χ2v) is 5.43. The first-order valence-electron chi connectivity index (χ1n) is 8.20. The van der Waals surface area contributed by atoms with Crippen molar-refractivity contribution in [2.45, 2.75) is 13.3 Å². The van der Waals surface area contributed by atoms with E-state index in [1.165, 1.54) is 5.56 Å². The van der Waals surface area contributed by atoms with E-state index >= 15 is 0 Å². The smallest absolute Gasteiger partial charge is 0.251 e. The Morgan fingerprint density at radius 3 is 2.35 bits per heavy atom. The SMILES string of the molecule is CCc1ccc(NC(N)=NCCNC(=O)c2ccc(OC)cc2)cc1.I. The summed E-state index contributed by atoms with van der Waals surface area (Å²) >= 11 is 0. The molecule has 0 heterocycles. The Balaban J connectivity index is 0.00000338. The second kappa shape index (κ2) is 11.3. The molecule has 0 aliphatic carbocycles. The molecule has 0 saturated carbocycles. The van der Waals surface area contributed by atoms with Gasteiger partial charge in [0.2, 0.25) is 0 Å². The predicted octanol–water partition coefficient (Wildman–Crippen LogP) is 3.03. The van der Waals surface area contributed by atoms with Crippen molar-refractivity contribution in [3.63, 3.8) is 0 Å². The molecule has 140 valence electrons. The number of amides is 1. The molecule has 0 aromatic heterocycles. The molecule has 0 aliphatic heterocycles.